The van der Waals surface area contributed by atoms with Gasteiger partial charge in [0.2, 0.25) is 6.29 Å². The minimum atomic E-state index is -4.36. The maximum absolute atomic E-state index is 12.4. The number of benzene rings is 2. The van der Waals surface area contributed by atoms with E-state index in [1.165, 1.54) is 48.8 Å². The predicted octanol–water partition coefficient (Wildman–Crippen LogP) is 1.76. The average molecular weight is 363 g/mol. The first-order chi connectivity index (χ1) is 11.8. The Bertz CT molecular complexity index is 954. The fourth-order valence-corrected chi connectivity index (χ4v) is 3.31. The summed E-state index contributed by atoms with van der Waals surface area (Å²) in [6.07, 6.45) is 0.247. The standard InChI is InChI=1S/C15H11N2O7S/c1-24-15(19)16-25(22,23)13-8-3-2-6-11(13)12-7-4-5-10(9-18)14(12)17(20)21/h2-8H,1H3,(H,16,19). The molecule has 10 heteroatoms. The summed E-state index contributed by atoms with van der Waals surface area (Å²) in [4.78, 5) is 32.4. The monoisotopic (exact) mass is 363 g/mol. The van der Waals surface area contributed by atoms with Crippen LogP contribution in [0.1, 0.15) is 5.56 Å². The summed E-state index contributed by atoms with van der Waals surface area (Å²) in [6, 6.07) is 9.19. The molecule has 1 N–H and O–H groups in total. The minimum absolute atomic E-state index is 0.0531. The summed E-state index contributed by atoms with van der Waals surface area (Å²) >= 11 is 0. The van der Waals surface area contributed by atoms with E-state index >= 15 is 0 Å². The molecule has 0 aliphatic carbocycles. The van der Waals surface area contributed by atoms with Crippen molar-refractivity contribution in [1.82, 2.24) is 4.72 Å². The third kappa shape index (κ3) is 3.63. The first kappa shape index (κ1) is 18.1. The van der Waals surface area contributed by atoms with E-state index in [4.69, 9.17) is 0 Å². The molecular weight excluding hydrogens is 352 g/mol. The van der Waals surface area contributed by atoms with Crippen molar-refractivity contribution in [3.63, 3.8) is 0 Å². The lowest BCUT2D eigenvalue weighted by Crippen LogP contribution is -2.30. The number of nitro groups is 1. The topological polar surface area (TPSA) is 133 Å². The quantitative estimate of drug-likeness (QED) is 0.632. The number of hydrogen-bond acceptors (Lipinski definition) is 7. The number of para-hydroxylation sites is 1. The maximum Gasteiger partial charge on any atom is 0.420 e. The van der Waals surface area contributed by atoms with Gasteiger partial charge in [-0.1, -0.05) is 24.3 Å². The molecule has 0 unspecified atom stereocenters. The Balaban J connectivity index is 2.74. The summed E-state index contributed by atoms with van der Waals surface area (Å²) in [5, 5.41) is 11.3. The van der Waals surface area contributed by atoms with Crippen molar-refractivity contribution >= 4 is 28.1 Å². The molecule has 0 fully saturated rings. The Kier molecular flexibility index (Phi) is 5.13. The molecule has 0 aliphatic heterocycles. The molecule has 1 radical (unpaired) electrons. The fourth-order valence-electron chi connectivity index (χ4n) is 2.17. The summed E-state index contributed by atoms with van der Waals surface area (Å²) in [5.74, 6) is 0. The maximum atomic E-state index is 12.4. The highest BCUT2D eigenvalue weighted by molar-refractivity contribution is 7.90. The van der Waals surface area contributed by atoms with Crippen LogP contribution in [-0.4, -0.2) is 32.8 Å². The number of nitro benzene ring substituents is 1. The van der Waals surface area contributed by atoms with E-state index in [2.05, 4.69) is 4.74 Å². The number of rotatable bonds is 5. The van der Waals surface area contributed by atoms with Crippen molar-refractivity contribution in [2.24, 2.45) is 0 Å². The first-order valence-electron chi connectivity index (χ1n) is 6.67. The Morgan fingerprint density at radius 1 is 1.16 bits per heavy atom. The SMILES string of the molecule is COC(=O)NS(=O)(=O)c1ccccc1-c1cccc([C]=O)c1[N+](=O)[O-]. The Morgan fingerprint density at radius 3 is 2.40 bits per heavy atom. The summed E-state index contributed by atoms with van der Waals surface area (Å²) in [7, 11) is -3.37. The second-order valence-electron chi connectivity index (χ2n) is 4.65. The van der Waals surface area contributed by atoms with Crippen LogP contribution in [0.15, 0.2) is 47.4 Å². The lowest BCUT2D eigenvalue weighted by atomic mass is 10.0. The molecule has 0 spiro atoms. The predicted molar refractivity (Wildman–Crippen MR) is 86.1 cm³/mol. The van der Waals surface area contributed by atoms with Crippen LogP contribution in [0, 0.1) is 10.1 Å². The van der Waals surface area contributed by atoms with Crippen LogP contribution in [0.4, 0.5) is 10.5 Å². The van der Waals surface area contributed by atoms with E-state index in [9.17, 15) is 28.1 Å². The Morgan fingerprint density at radius 2 is 1.80 bits per heavy atom. The lowest BCUT2D eigenvalue weighted by molar-refractivity contribution is -0.384. The van der Waals surface area contributed by atoms with Crippen LogP contribution in [0.5, 0.6) is 0 Å². The van der Waals surface area contributed by atoms with Gasteiger partial charge >= 0.3 is 6.09 Å². The average Bonchev–Trinajstić information content (AvgIpc) is 2.60. The highest BCUT2D eigenvalue weighted by atomic mass is 32.2. The van der Waals surface area contributed by atoms with Crippen LogP contribution in [0.3, 0.4) is 0 Å². The van der Waals surface area contributed by atoms with Gasteiger partial charge in [-0.3, -0.25) is 14.9 Å². The molecule has 129 valence electrons. The number of hydrogen-bond donors (Lipinski definition) is 1. The highest BCUT2D eigenvalue weighted by Gasteiger charge is 2.27. The van der Waals surface area contributed by atoms with Gasteiger partial charge in [-0.05, 0) is 18.2 Å². The van der Waals surface area contributed by atoms with Crippen molar-refractivity contribution in [2.75, 3.05) is 7.11 Å². The Hall–Kier alpha value is -3.27. The van der Waals surface area contributed by atoms with Gasteiger partial charge in [0.15, 0.2) is 0 Å². The zero-order valence-corrected chi connectivity index (χ0v) is 13.6. The Labute approximate surface area is 142 Å². The van der Waals surface area contributed by atoms with Gasteiger partial charge in [-0.2, -0.15) is 0 Å². The van der Waals surface area contributed by atoms with E-state index in [0.29, 0.717) is 0 Å². The van der Waals surface area contributed by atoms with Gasteiger partial charge in [-0.25, -0.2) is 17.9 Å². The second-order valence-corrected chi connectivity index (χ2v) is 6.30. The molecule has 2 aromatic carbocycles. The van der Waals surface area contributed by atoms with E-state index < -0.39 is 26.7 Å². The van der Waals surface area contributed by atoms with Gasteiger partial charge in [0.05, 0.1) is 22.5 Å². The van der Waals surface area contributed by atoms with Crippen molar-refractivity contribution in [3.05, 3.63) is 58.1 Å². The largest absolute Gasteiger partial charge is 0.452 e. The minimum Gasteiger partial charge on any atom is -0.452 e. The van der Waals surface area contributed by atoms with Crippen molar-refractivity contribution < 1.29 is 27.7 Å². The number of methoxy groups -OCH3 is 1. The zero-order chi connectivity index (χ0) is 18.6. The number of amides is 1. The molecular formula is C15H11N2O7S. The fraction of sp³-hybridized carbons (Fsp3) is 0.0667. The van der Waals surface area contributed by atoms with E-state index in [1.807, 2.05) is 0 Å². The van der Waals surface area contributed by atoms with Crippen molar-refractivity contribution in [1.29, 1.82) is 0 Å². The molecule has 25 heavy (non-hydrogen) atoms. The molecule has 2 aromatic rings. The lowest BCUT2D eigenvalue weighted by Gasteiger charge is -2.12. The van der Waals surface area contributed by atoms with E-state index in [0.717, 1.165) is 7.11 Å². The van der Waals surface area contributed by atoms with Crippen LogP contribution in [0.2, 0.25) is 0 Å². The van der Waals surface area contributed by atoms with Gasteiger partial charge in [0.25, 0.3) is 15.7 Å². The van der Waals surface area contributed by atoms with Gasteiger partial charge in [0, 0.05) is 5.56 Å². The zero-order valence-electron chi connectivity index (χ0n) is 12.8. The molecule has 0 aliphatic rings. The van der Waals surface area contributed by atoms with Gasteiger partial charge in [-0.15, -0.1) is 0 Å². The highest BCUT2D eigenvalue weighted by Crippen LogP contribution is 2.35. The summed E-state index contributed by atoms with van der Waals surface area (Å²) < 4.78 is 30.7. The smallest absolute Gasteiger partial charge is 0.420 e. The van der Waals surface area contributed by atoms with Crippen LogP contribution >= 0.6 is 0 Å². The van der Waals surface area contributed by atoms with Crippen LogP contribution in [0.25, 0.3) is 11.1 Å². The van der Waals surface area contributed by atoms with Gasteiger partial charge in [0.1, 0.15) is 5.56 Å². The number of carbonyl (C=O) groups excluding carboxylic acids is 2. The van der Waals surface area contributed by atoms with Crippen molar-refractivity contribution in [3.8, 4) is 11.1 Å². The molecule has 0 atom stereocenters. The molecule has 0 saturated carbocycles. The van der Waals surface area contributed by atoms with E-state index in [1.54, 1.807) is 4.72 Å². The first-order valence-corrected chi connectivity index (χ1v) is 8.16. The van der Waals surface area contributed by atoms with E-state index in [-0.39, 0.29) is 21.6 Å². The molecule has 1 amide bonds. The van der Waals surface area contributed by atoms with Crippen LogP contribution < -0.4 is 4.72 Å². The molecule has 0 heterocycles. The normalized spacial score (nSPS) is 10.8. The number of carbonyl (C=O) groups is 1. The molecule has 0 saturated heterocycles. The summed E-state index contributed by atoms with van der Waals surface area (Å²) in [6.45, 7) is 0. The van der Waals surface area contributed by atoms with Gasteiger partial charge < -0.3 is 4.74 Å². The second kappa shape index (κ2) is 7.09. The number of nitrogens with zero attached hydrogens (tertiary/aromatic N) is 1. The molecule has 9 nitrogen and oxygen atoms in total. The number of sulfonamides is 1. The summed E-state index contributed by atoms with van der Waals surface area (Å²) in [5.41, 5.74) is -1.06. The number of ether oxygens (including phenoxy) is 1. The third-order valence-corrected chi connectivity index (χ3v) is 4.57. The molecule has 0 bridgehead atoms. The number of nitrogens with one attached hydrogen (secondary N) is 1. The third-order valence-electron chi connectivity index (χ3n) is 3.20. The molecule has 0 aromatic heterocycles. The van der Waals surface area contributed by atoms with Crippen molar-refractivity contribution in [2.45, 2.75) is 4.90 Å². The molecule has 2 rings (SSSR count). The van der Waals surface area contributed by atoms with Crippen LogP contribution in [-0.2, 0) is 19.6 Å².